The number of hydrogen-bond donors (Lipinski definition) is 1. The molecule has 0 saturated carbocycles. The van der Waals surface area contributed by atoms with Crippen LogP contribution in [-0.2, 0) is 14.6 Å². The van der Waals surface area contributed by atoms with Crippen molar-refractivity contribution in [2.24, 2.45) is 5.92 Å². The molecule has 6 heteroatoms. The van der Waals surface area contributed by atoms with Crippen molar-refractivity contribution in [3.05, 3.63) is 0 Å². The van der Waals surface area contributed by atoms with E-state index in [9.17, 15) is 13.2 Å². The third-order valence-corrected chi connectivity index (χ3v) is 5.41. The van der Waals surface area contributed by atoms with Gasteiger partial charge in [-0.2, -0.15) is 0 Å². The Bertz CT molecular complexity index is 382. The van der Waals surface area contributed by atoms with E-state index in [1.54, 1.807) is 0 Å². The lowest BCUT2D eigenvalue weighted by Gasteiger charge is -2.30. The summed E-state index contributed by atoms with van der Waals surface area (Å²) in [6.45, 7) is 3.93. The number of sulfone groups is 1. The molecule has 1 aliphatic rings. The third-order valence-electron chi connectivity index (χ3n) is 3.45. The molecule has 2 unspecified atom stereocenters. The highest BCUT2D eigenvalue weighted by Crippen LogP contribution is 2.21. The SMILES string of the molecule is CCC(C)(CCCl)NC(=O)C1CCS(=O)(=O)C1. The van der Waals surface area contributed by atoms with Crippen LogP contribution in [0, 0.1) is 5.92 Å². The Balaban J connectivity index is 2.60. The lowest BCUT2D eigenvalue weighted by molar-refractivity contribution is -0.126. The van der Waals surface area contributed by atoms with Crippen LogP contribution in [0.2, 0.25) is 0 Å². The number of alkyl halides is 1. The van der Waals surface area contributed by atoms with Gasteiger partial charge in [-0.1, -0.05) is 6.92 Å². The zero-order valence-corrected chi connectivity index (χ0v) is 11.9. The number of hydrogen-bond acceptors (Lipinski definition) is 3. The first kappa shape index (κ1) is 14.8. The summed E-state index contributed by atoms with van der Waals surface area (Å²) in [5.74, 6) is 0.0537. The largest absolute Gasteiger partial charge is 0.351 e. The van der Waals surface area contributed by atoms with E-state index >= 15 is 0 Å². The average molecular weight is 282 g/mol. The van der Waals surface area contributed by atoms with Crippen LogP contribution in [0.15, 0.2) is 0 Å². The lowest BCUT2D eigenvalue weighted by atomic mass is 9.94. The molecule has 1 N–H and O–H groups in total. The second kappa shape index (κ2) is 5.57. The van der Waals surface area contributed by atoms with E-state index < -0.39 is 9.84 Å². The van der Waals surface area contributed by atoms with Gasteiger partial charge in [-0.05, 0) is 26.2 Å². The Kier molecular flexibility index (Phi) is 4.84. The van der Waals surface area contributed by atoms with Crippen LogP contribution < -0.4 is 5.32 Å². The minimum absolute atomic E-state index is 0.0144. The molecule has 0 aromatic rings. The lowest BCUT2D eigenvalue weighted by Crippen LogP contribution is -2.48. The van der Waals surface area contributed by atoms with Gasteiger partial charge < -0.3 is 5.32 Å². The Morgan fingerprint density at radius 1 is 1.53 bits per heavy atom. The smallest absolute Gasteiger partial charge is 0.224 e. The van der Waals surface area contributed by atoms with E-state index in [0.717, 1.165) is 6.42 Å². The molecular formula is C11H20ClNO3S. The quantitative estimate of drug-likeness (QED) is 0.774. The van der Waals surface area contributed by atoms with Crippen LogP contribution in [0.5, 0.6) is 0 Å². The van der Waals surface area contributed by atoms with Crippen LogP contribution in [0.4, 0.5) is 0 Å². The second-order valence-electron chi connectivity index (χ2n) is 4.94. The summed E-state index contributed by atoms with van der Waals surface area (Å²) in [6, 6.07) is 0. The molecule has 4 nitrogen and oxygen atoms in total. The minimum Gasteiger partial charge on any atom is -0.351 e. The first-order valence-electron chi connectivity index (χ1n) is 5.90. The Morgan fingerprint density at radius 2 is 2.18 bits per heavy atom. The normalized spacial score (nSPS) is 26.4. The summed E-state index contributed by atoms with van der Waals surface area (Å²) in [7, 11) is -3.00. The highest BCUT2D eigenvalue weighted by atomic mass is 35.5. The summed E-state index contributed by atoms with van der Waals surface area (Å²) in [4.78, 5) is 12.0. The van der Waals surface area contributed by atoms with Crippen LogP contribution in [0.25, 0.3) is 0 Å². The van der Waals surface area contributed by atoms with E-state index in [1.807, 2.05) is 13.8 Å². The first-order chi connectivity index (χ1) is 7.82. The molecule has 1 heterocycles. The van der Waals surface area contributed by atoms with Crippen LogP contribution in [0.1, 0.15) is 33.1 Å². The molecule has 0 radical (unpaired) electrons. The fourth-order valence-corrected chi connectivity index (χ4v) is 4.10. The summed E-state index contributed by atoms with van der Waals surface area (Å²) < 4.78 is 22.6. The van der Waals surface area contributed by atoms with Gasteiger partial charge in [-0.15, -0.1) is 11.6 Å². The maximum absolute atomic E-state index is 12.0. The predicted molar refractivity (Wildman–Crippen MR) is 68.9 cm³/mol. The van der Waals surface area contributed by atoms with Crippen molar-refractivity contribution in [1.29, 1.82) is 0 Å². The van der Waals surface area contributed by atoms with Crippen molar-refractivity contribution in [3.8, 4) is 0 Å². The molecule has 2 atom stereocenters. The van der Waals surface area contributed by atoms with Crippen molar-refractivity contribution in [3.63, 3.8) is 0 Å². The van der Waals surface area contributed by atoms with Gasteiger partial charge in [0.15, 0.2) is 9.84 Å². The monoisotopic (exact) mass is 281 g/mol. The third kappa shape index (κ3) is 4.14. The summed E-state index contributed by atoms with van der Waals surface area (Å²) in [5, 5.41) is 2.94. The average Bonchev–Trinajstić information content (AvgIpc) is 2.59. The molecule has 1 saturated heterocycles. The van der Waals surface area contributed by atoms with Crippen molar-refractivity contribution < 1.29 is 13.2 Å². The number of halogens is 1. The van der Waals surface area contributed by atoms with Crippen LogP contribution >= 0.6 is 11.6 Å². The molecule has 1 aliphatic heterocycles. The van der Waals surface area contributed by atoms with Crippen molar-refractivity contribution >= 4 is 27.3 Å². The van der Waals surface area contributed by atoms with Gasteiger partial charge >= 0.3 is 0 Å². The summed E-state index contributed by atoms with van der Waals surface area (Å²) in [6.07, 6.45) is 1.91. The zero-order valence-electron chi connectivity index (χ0n) is 10.3. The van der Waals surface area contributed by atoms with E-state index in [0.29, 0.717) is 18.7 Å². The highest BCUT2D eigenvalue weighted by molar-refractivity contribution is 7.91. The second-order valence-corrected chi connectivity index (χ2v) is 7.55. The number of amides is 1. The molecule has 0 bridgehead atoms. The zero-order chi connectivity index (χ0) is 13.1. The molecule has 0 aromatic carbocycles. The molecule has 1 fully saturated rings. The van der Waals surface area contributed by atoms with Gasteiger partial charge in [0.05, 0.1) is 17.4 Å². The molecular weight excluding hydrogens is 262 g/mol. The molecule has 0 spiro atoms. The van der Waals surface area contributed by atoms with E-state index in [2.05, 4.69) is 5.32 Å². The van der Waals surface area contributed by atoms with Gasteiger partial charge in [0.2, 0.25) is 5.91 Å². The highest BCUT2D eigenvalue weighted by Gasteiger charge is 2.35. The first-order valence-corrected chi connectivity index (χ1v) is 8.26. The van der Waals surface area contributed by atoms with Crippen molar-refractivity contribution in [2.75, 3.05) is 17.4 Å². The van der Waals surface area contributed by atoms with E-state index in [4.69, 9.17) is 11.6 Å². The maximum Gasteiger partial charge on any atom is 0.224 e. The van der Waals surface area contributed by atoms with Crippen molar-refractivity contribution in [1.82, 2.24) is 5.32 Å². The Hall–Kier alpha value is -0.290. The summed E-state index contributed by atoms with van der Waals surface area (Å²) >= 11 is 5.71. The predicted octanol–water partition coefficient (Wildman–Crippen LogP) is 1.33. The molecule has 1 amide bonds. The number of rotatable bonds is 5. The molecule has 0 aromatic heterocycles. The number of carbonyl (C=O) groups is 1. The van der Waals surface area contributed by atoms with Gasteiger partial charge in [-0.25, -0.2) is 8.42 Å². The fourth-order valence-electron chi connectivity index (χ4n) is 1.94. The van der Waals surface area contributed by atoms with E-state index in [-0.39, 0.29) is 28.9 Å². The van der Waals surface area contributed by atoms with Gasteiger partial charge in [0.25, 0.3) is 0 Å². The summed E-state index contributed by atoms with van der Waals surface area (Å²) in [5.41, 5.74) is -0.328. The molecule has 0 aliphatic carbocycles. The molecule has 100 valence electrons. The number of nitrogens with one attached hydrogen (secondary N) is 1. The van der Waals surface area contributed by atoms with E-state index in [1.165, 1.54) is 0 Å². The topological polar surface area (TPSA) is 63.2 Å². The molecule has 1 rings (SSSR count). The minimum atomic E-state index is -3.00. The Morgan fingerprint density at radius 3 is 2.59 bits per heavy atom. The van der Waals surface area contributed by atoms with Gasteiger partial charge in [0.1, 0.15) is 0 Å². The molecule has 17 heavy (non-hydrogen) atoms. The van der Waals surface area contributed by atoms with Gasteiger partial charge in [-0.3, -0.25) is 4.79 Å². The van der Waals surface area contributed by atoms with Crippen LogP contribution in [0.3, 0.4) is 0 Å². The maximum atomic E-state index is 12.0. The van der Waals surface area contributed by atoms with Crippen molar-refractivity contribution in [2.45, 2.75) is 38.6 Å². The van der Waals surface area contributed by atoms with Gasteiger partial charge in [0, 0.05) is 11.4 Å². The van der Waals surface area contributed by atoms with Crippen LogP contribution in [-0.4, -0.2) is 37.2 Å². The fraction of sp³-hybridized carbons (Fsp3) is 0.909. The standard InChI is InChI=1S/C11H20ClNO3S/c1-3-11(2,5-6-12)13-10(14)9-4-7-17(15,16)8-9/h9H,3-8H2,1-2H3,(H,13,14). The Labute approximate surface area is 108 Å². The number of carbonyl (C=O) groups excluding carboxylic acids is 1.